The smallest absolute Gasteiger partial charge is 0.256 e. The van der Waals surface area contributed by atoms with Gasteiger partial charge in [-0.25, -0.2) is 8.78 Å². The minimum atomic E-state index is -0.932. The Labute approximate surface area is 179 Å². The molecule has 0 saturated heterocycles. The molecule has 164 valence electrons. The number of rotatable bonds is 5. The van der Waals surface area contributed by atoms with Gasteiger partial charge in [-0.3, -0.25) is 14.2 Å². The van der Waals surface area contributed by atoms with Crippen molar-refractivity contribution < 1.29 is 18.3 Å². The van der Waals surface area contributed by atoms with Gasteiger partial charge in [0.25, 0.3) is 11.5 Å². The Kier molecular flexibility index (Phi) is 7.52. The Morgan fingerprint density at radius 1 is 0.968 bits per heavy atom. The number of carbonyl (C=O) groups is 1. The van der Waals surface area contributed by atoms with Gasteiger partial charge in [-0.15, -0.1) is 0 Å². The highest BCUT2D eigenvalue weighted by molar-refractivity contribution is 6.01. The van der Waals surface area contributed by atoms with Crippen LogP contribution >= 0.6 is 0 Å². The van der Waals surface area contributed by atoms with Crippen LogP contribution in [0.25, 0.3) is 0 Å². The van der Waals surface area contributed by atoms with Crippen molar-refractivity contribution in [2.75, 3.05) is 5.32 Å². The quantitative estimate of drug-likeness (QED) is 0.601. The molecule has 2 aromatic carbocycles. The number of halogens is 2. The van der Waals surface area contributed by atoms with E-state index in [0.29, 0.717) is 11.1 Å². The first kappa shape index (κ1) is 23.6. The number of nitrogens with two attached hydrogens (primary N) is 1. The number of nitrogens with zero attached hydrogens (tertiary/aromatic N) is 1. The largest absolute Gasteiger partial charge is 0.453 e. The fourth-order valence-corrected chi connectivity index (χ4v) is 2.80. The molecule has 1 heterocycles. The summed E-state index contributed by atoms with van der Waals surface area (Å²) >= 11 is 0. The molecule has 0 aliphatic heterocycles. The molecule has 0 saturated carbocycles. The molecule has 1 amide bonds. The number of hydrogen-bond acceptors (Lipinski definition) is 4. The molecule has 31 heavy (non-hydrogen) atoms. The van der Waals surface area contributed by atoms with Gasteiger partial charge >= 0.3 is 0 Å². The zero-order valence-electron chi connectivity index (χ0n) is 18.0. The van der Waals surface area contributed by atoms with Gasteiger partial charge in [-0.1, -0.05) is 26.0 Å². The number of aromatic nitrogens is 1. The summed E-state index contributed by atoms with van der Waals surface area (Å²) in [7, 11) is 1.39. The molecule has 0 radical (unpaired) electrons. The number of pyridine rings is 1. The van der Waals surface area contributed by atoms with Crippen LogP contribution in [0.4, 0.5) is 20.3 Å². The maximum absolute atomic E-state index is 14.3. The van der Waals surface area contributed by atoms with Gasteiger partial charge in [0.1, 0.15) is 22.9 Å². The van der Waals surface area contributed by atoms with Crippen molar-refractivity contribution in [3.63, 3.8) is 0 Å². The maximum atomic E-state index is 14.3. The number of primary amides is 1. The minimum Gasteiger partial charge on any atom is -0.453 e. The molecular weight excluding hydrogens is 404 g/mol. The summed E-state index contributed by atoms with van der Waals surface area (Å²) in [6.45, 7) is 7.43. The molecular formula is C23H25F2N3O3. The second-order valence-electron chi connectivity index (χ2n) is 6.64. The van der Waals surface area contributed by atoms with E-state index in [0.717, 1.165) is 10.6 Å². The van der Waals surface area contributed by atoms with Crippen LogP contribution in [0.1, 0.15) is 35.3 Å². The Hall–Kier alpha value is -3.68. The average molecular weight is 429 g/mol. The van der Waals surface area contributed by atoms with Crippen LogP contribution in [0.3, 0.4) is 0 Å². The van der Waals surface area contributed by atoms with E-state index in [2.05, 4.69) is 5.32 Å². The Bertz CT molecular complexity index is 1170. The zero-order chi connectivity index (χ0) is 23.3. The second-order valence-corrected chi connectivity index (χ2v) is 6.64. The highest BCUT2D eigenvalue weighted by Gasteiger charge is 2.22. The normalized spacial score (nSPS) is 10.2. The van der Waals surface area contributed by atoms with E-state index < -0.39 is 23.1 Å². The van der Waals surface area contributed by atoms with Gasteiger partial charge in [0.15, 0.2) is 11.6 Å². The Morgan fingerprint density at radius 2 is 1.55 bits per heavy atom. The molecule has 0 aliphatic rings. The van der Waals surface area contributed by atoms with E-state index in [9.17, 15) is 18.4 Å². The summed E-state index contributed by atoms with van der Waals surface area (Å²) in [6, 6.07) is 9.69. The number of amides is 1. The third kappa shape index (κ3) is 5.28. The number of anilines is 2. The van der Waals surface area contributed by atoms with Crippen LogP contribution in [-0.4, -0.2) is 10.5 Å². The highest BCUT2D eigenvalue weighted by Crippen LogP contribution is 2.32. The van der Waals surface area contributed by atoms with E-state index in [1.807, 2.05) is 13.8 Å². The van der Waals surface area contributed by atoms with Gasteiger partial charge in [0.05, 0.1) is 5.69 Å². The predicted molar refractivity (Wildman–Crippen MR) is 117 cm³/mol. The number of nitrogens with one attached hydrogen (secondary N) is 1. The molecule has 0 fully saturated rings. The number of aryl methyl sites for hydroxylation is 2. The summed E-state index contributed by atoms with van der Waals surface area (Å²) in [5, 5.41) is 2.72. The van der Waals surface area contributed by atoms with Crippen LogP contribution in [0.5, 0.6) is 11.5 Å². The molecule has 0 atom stereocenters. The van der Waals surface area contributed by atoms with Gasteiger partial charge in [0, 0.05) is 13.1 Å². The lowest BCUT2D eigenvalue weighted by Crippen LogP contribution is -2.25. The Morgan fingerprint density at radius 3 is 2.10 bits per heavy atom. The molecule has 0 aliphatic carbocycles. The van der Waals surface area contributed by atoms with Crippen LogP contribution in [0.15, 0.2) is 47.3 Å². The lowest BCUT2D eigenvalue weighted by Gasteiger charge is -2.18. The number of carbonyl (C=O) groups excluding carboxylic acids is 1. The molecule has 0 unspecified atom stereocenters. The summed E-state index contributed by atoms with van der Waals surface area (Å²) < 4.78 is 35.1. The van der Waals surface area contributed by atoms with Crippen molar-refractivity contribution in [3.8, 4) is 11.5 Å². The maximum Gasteiger partial charge on any atom is 0.256 e. The summed E-state index contributed by atoms with van der Waals surface area (Å²) in [5.41, 5.74) is 6.13. The molecule has 0 bridgehead atoms. The van der Waals surface area contributed by atoms with Crippen molar-refractivity contribution in [1.29, 1.82) is 0 Å². The van der Waals surface area contributed by atoms with Crippen molar-refractivity contribution in [3.05, 3.63) is 81.1 Å². The average Bonchev–Trinajstić information content (AvgIpc) is 2.71. The minimum absolute atomic E-state index is 0.0340. The van der Waals surface area contributed by atoms with Crippen molar-refractivity contribution in [1.82, 2.24) is 4.57 Å². The van der Waals surface area contributed by atoms with Crippen LogP contribution < -0.4 is 21.3 Å². The summed E-state index contributed by atoms with van der Waals surface area (Å²) in [4.78, 5) is 24.6. The Balaban J connectivity index is 0.00000166. The van der Waals surface area contributed by atoms with Crippen LogP contribution in [-0.2, 0) is 7.05 Å². The van der Waals surface area contributed by atoms with E-state index in [4.69, 9.17) is 10.5 Å². The molecule has 1 aromatic heterocycles. The van der Waals surface area contributed by atoms with Crippen molar-refractivity contribution in [2.45, 2.75) is 27.7 Å². The van der Waals surface area contributed by atoms with Gasteiger partial charge in [-0.2, -0.15) is 0 Å². The molecule has 0 spiro atoms. The first-order valence-corrected chi connectivity index (χ1v) is 9.68. The van der Waals surface area contributed by atoms with Crippen molar-refractivity contribution >= 4 is 17.4 Å². The lowest BCUT2D eigenvalue weighted by molar-refractivity contribution is 0.0998. The monoisotopic (exact) mass is 429 g/mol. The standard InChI is InChI=1S/C21H19F2N3O3.C2H6/c1-11-4-6-15(13(22)8-11)25-21-19(20(24)28)17(10-18(27)26(21)3)29-16-7-5-12(2)9-14(16)23;1-2/h4-10,25H,1-3H3,(H2,24,28);1-2H3. The van der Waals surface area contributed by atoms with Gasteiger partial charge in [0.2, 0.25) is 0 Å². The van der Waals surface area contributed by atoms with E-state index in [-0.39, 0.29) is 28.6 Å². The molecule has 6 nitrogen and oxygen atoms in total. The molecule has 8 heteroatoms. The van der Waals surface area contributed by atoms with Gasteiger partial charge < -0.3 is 15.8 Å². The molecule has 3 rings (SSSR count). The third-order valence-electron chi connectivity index (χ3n) is 4.34. The highest BCUT2D eigenvalue weighted by atomic mass is 19.1. The second kappa shape index (κ2) is 9.88. The first-order chi connectivity index (χ1) is 14.7. The predicted octanol–water partition coefficient (Wildman–Crippen LogP) is 4.94. The number of ether oxygens (including phenoxy) is 1. The van der Waals surface area contributed by atoms with Crippen LogP contribution in [0.2, 0.25) is 0 Å². The first-order valence-electron chi connectivity index (χ1n) is 9.68. The molecule has 3 N–H and O–H groups in total. The van der Waals surface area contributed by atoms with E-state index in [1.165, 1.54) is 31.3 Å². The van der Waals surface area contributed by atoms with E-state index >= 15 is 0 Å². The van der Waals surface area contributed by atoms with Crippen molar-refractivity contribution in [2.24, 2.45) is 12.8 Å². The number of benzene rings is 2. The van der Waals surface area contributed by atoms with E-state index in [1.54, 1.807) is 26.0 Å². The fourth-order valence-electron chi connectivity index (χ4n) is 2.80. The SMILES string of the molecule is CC.Cc1ccc(Nc2c(C(N)=O)c(Oc3ccc(C)cc3F)cc(=O)n2C)c(F)c1. The van der Waals surface area contributed by atoms with Gasteiger partial charge in [-0.05, 0) is 49.2 Å². The summed E-state index contributed by atoms with van der Waals surface area (Å²) in [6.07, 6.45) is 0. The summed E-state index contributed by atoms with van der Waals surface area (Å²) in [5.74, 6) is -2.67. The fraction of sp³-hybridized carbons (Fsp3) is 0.217. The third-order valence-corrected chi connectivity index (χ3v) is 4.34. The molecule has 3 aromatic rings. The topological polar surface area (TPSA) is 86.3 Å². The number of hydrogen-bond donors (Lipinski definition) is 2. The zero-order valence-corrected chi connectivity index (χ0v) is 18.0. The van der Waals surface area contributed by atoms with Crippen LogP contribution in [0, 0.1) is 25.5 Å². The lowest BCUT2D eigenvalue weighted by atomic mass is 10.1.